The van der Waals surface area contributed by atoms with Crippen LogP contribution in [0.3, 0.4) is 0 Å². The molecule has 0 amide bonds. The van der Waals surface area contributed by atoms with Crippen LogP contribution in [-0.4, -0.2) is 24.2 Å². The predicted molar refractivity (Wildman–Crippen MR) is 63.8 cm³/mol. The minimum atomic E-state index is 0.207. The second kappa shape index (κ2) is 4.59. The van der Waals surface area contributed by atoms with Gasteiger partial charge in [-0.3, -0.25) is 0 Å². The van der Waals surface area contributed by atoms with Gasteiger partial charge in [-0.15, -0.1) is 0 Å². The van der Waals surface area contributed by atoms with Gasteiger partial charge in [-0.05, 0) is 37.2 Å². The lowest BCUT2D eigenvalue weighted by Gasteiger charge is -2.13. The zero-order valence-corrected chi connectivity index (χ0v) is 9.43. The first-order valence-corrected chi connectivity index (χ1v) is 5.80. The number of rotatable bonds is 3. The quantitative estimate of drug-likeness (QED) is 0.877. The number of pyridine rings is 1. The topological polar surface area (TPSA) is 47.3 Å². The highest BCUT2D eigenvalue weighted by molar-refractivity contribution is 5.62. The van der Waals surface area contributed by atoms with Crippen molar-refractivity contribution in [3.05, 3.63) is 36.7 Å². The highest BCUT2D eigenvalue weighted by Gasteiger charge is 2.19. The second-order valence-corrected chi connectivity index (χ2v) is 4.07. The Hall–Kier alpha value is -1.81. The minimum Gasteiger partial charge on any atom is -0.472 e. The van der Waals surface area contributed by atoms with Crippen molar-refractivity contribution in [3.63, 3.8) is 0 Å². The average molecular weight is 230 g/mol. The molecule has 0 saturated carbocycles. The molecule has 0 radical (unpaired) electrons. The molecule has 2 aromatic heterocycles. The van der Waals surface area contributed by atoms with Crippen molar-refractivity contribution in [1.29, 1.82) is 0 Å². The van der Waals surface area contributed by atoms with Crippen LogP contribution in [0.15, 0.2) is 41.1 Å². The Labute approximate surface area is 99.6 Å². The van der Waals surface area contributed by atoms with Crippen LogP contribution in [0.5, 0.6) is 5.88 Å². The van der Waals surface area contributed by atoms with E-state index in [9.17, 15) is 0 Å². The molecule has 17 heavy (non-hydrogen) atoms. The number of ether oxygens (including phenoxy) is 1. The second-order valence-electron chi connectivity index (χ2n) is 4.07. The Morgan fingerprint density at radius 3 is 3.12 bits per heavy atom. The number of hydrogen-bond donors (Lipinski definition) is 1. The van der Waals surface area contributed by atoms with Gasteiger partial charge in [-0.25, -0.2) is 4.98 Å². The molecule has 0 aromatic carbocycles. The highest BCUT2D eigenvalue weighted by atomic mass is 16.5. The minimum absolute atomic E-state index is 0.207. The SMILES string of the molecule is c1coc(-c2cccnc2OC2CCNC2)c1. The van der Waals surface area contributed by atoms with Crippen LogP contribution in [0.4, 0.5) is 0 Å². The van der Waals surface area contributed by atoms with Gasteiger partial charge in [0.05, 0.1) is 11.8 Å². The van der Waals surface area contributed by atoms with Crippen molar-refractivity contribution in [3.8, 4) is 17.2 Å². The lowest BCUT2D eigenvalue weighted by molar-refractivity contribution is 0.215. The third-order valence-corrected chi connectivity index (χ3v) is 2.85. The van der Waals surface area contributed by atoms with Gasteiger partial charge >= 0.3 is 0 Å². The predicted octanol–water partition coefficient (Wildman–Crippen LogP) is 2.08. The summed E-state index contributed by atoms with van der Waals surface area (Å²) in [6.07, 6.45) is 4.63. The molecule has 1 aliphatic heterocycles. The van der Waals surface area contributed by atoms with Crippen LogP contribution >= 0.6 is 0 Å². The van der Waals surface area contributed by atoms with E-state index in [2.05, 4.69) is 10.3 Å². The summed E-state index contributed by atoms with van der Waals surface area (Å²) in [4.78, 5) is 4.29. The van der Waals surface area contributed by atoms with Gasteiger partial charge < -0.3 is 14.5 Å². The first-order valence-electron chi connectivity index (χ1n) is 5.80. The van der Waals surface area contributed by atoms with Crippen molar-refractivity contribution >= 4 is 0 Å². The van der Waals surface area contributed by atoms with Crippen molar-refractivity contribution in [2.45, 2.75) is 12.5 Å². The zero-order valence-electron chi connectivity index (χ0n) is 9.43. The van der Waals surface area contributed by atoms with Crippen LogP contribution in [0.2, 0.25) is 0 Å². The van der Waals surface area contributed by atoms with E-state index < -0.39 is 0 Å². The number of nitrogens with one attached hydrogen (secondary N) is 1. The zero-order chi connectivity index (χ0) is 11.5. The van der Waals surface area contributed by atoms with Crippen LogP contribution in [0, 0.1) is 0 Å². The summed E-state index contributed by atoms with van der Waals surface area (Å²) >= 11 is 0. The van der Waals surface area contributed by atoms with Gasteiger partial charge in [0.25, 0.3) is 0 Å². The largest absolute Gasteiger partial charge is 0.472 e. The fourth-order valence-electron chi connectivity index (χ4n) is 1.99. The lowest BCUT2D eigenvalue weighted by atomic mass is 10.2. The maximum Gasteiger partial charge on any atom is 0.224 e. The Morgan fingerprint density at radius 2 is 2.35 bits per heavy atom. The third-order valence-electron chi connectivity index (χ3n) is 2.85. The van der Waals surface area contributed by atoms with Crippen molar-refractivity contribution < 1.29 is 9.15 Å². The molecule has 3 heterocycles. The van der Waals surface area contributed by atoms with Crippen LogP contribution < -0.4 is 10.1 Å². The first-order chi connectivity index (χ1) is 8.43. The van der Waals surface area contributed by atoms with E-state index in [1.54, 1.807) is 12.5 Å². The maximum absolute atomic E-state index is 5.90. The number of hydrogen-bond acceptors (Lipinski definition) is 4. The van der Waals surface area contributed by atoms with Gasteiger partial charge in [0, 0.05) is 12.7 Å². The van der Waals surface area contributed by atoms with Gasteiger partial charge in [0.2, 0.25) is 5.88 Å². The molecule has 1 saturated heterocycles. The van der Waals surface area contributed by atoms with Crippen molar-refractivity contribution in [2.75, 3.05) is 13.1 Å². The molecule has 1 aliphatic rings. The maximum atomic E-state index is 5.90. The van der Waals surface area contributed by atoms with E-state index >= 15 is 0 Å². The normalized spacial score (nSPS) is 19.4. The number of furan rings is 1. The summed E-state index contributed by atoms with van der Waals surface area (Å²) in [5.74, 6) is 1.44. The molecule has 0 bridgehead atoms. The molecular weight excluding hydrogens is 216 g/mol. The summed E-state index contributed by atoms with van der Waals surface area (Å²) in [5.41, 5.74) is 0.907. The Bertz CT molecular complexity index is 476. The highest BCUT2D eigenvalue weighted by Crippen LogP contribution is 2.29. The Kier molecular flexibility index (Phi) is 2.80. The molecule has 1 atom stereocenters. The molecule has 0 spiro atoms. The Balaban J connectivity index is 1.88. The molecule has 1 unspecified atom stereocenters. The monoisotopic (exact) mass is 230 g/mol. The molecular formula is C13H14N2O2. The van der Waals surface area contributed by atoms with E-state index in [0.717, 1.165) is 30.8 Å². The lowest BCUT2D eigenvalue weighted by Crippen LogP contribution is -2.20. The van der Waals surface area contributed by atoms with Gasteiger partial charge in [0.1, 0.15) is 11.9 Å². The van der Waals surface area contributed by atoms with Crippen LogP contribution in [-0.2, 0) is 0 Å². The smallest absolute Gasteiger partial charge is 0.224 e. The summed E-state index contributed by atoms with van der Waals surface area (Å²) < 4.78 is 11.3. The van der Waals surface area contributed by atoms with E-state index in [4.69, 9.17) is 9.15 Å². The first kappa shape index (κ1) is 10.4. The van der Waals surface area contributed by atoms with Gasteiger partial charge in [-0.2, -0.15) is 0 Å². The van der Waals surface area contributed by atoms with E-state index in [-0.39, 0.29) is 6.10 Å². The molecule has 3 rings (SSSR count). The third kappa shape index (κ3) is 2.17. The summed E-state index contributed by atoms with van der Waals surface area (Å²) in [7, 11) is 0. The van der Waals surface area contributed by atoms with Gasteiger partial charge in [0.15, 0.2) is 0 Å². The van der Waals surface area contributed by atoms with E-state index in [1.165, 1.54) is 0 Å². The molecule has 88 valence electrons. The van der Waals surface area contributed by atoms with Gasteiger partial charge in [-0.1, -0.05) is 0 Å². The molecule has 1 N–H and O–H groups in total. The van der Waals surface area contributed by atoms with Crippen molar-refractivity contribution in [2.24, 2.45) is 0 Å². The van der Waals surface area contributed by atoms with Crippen molar-refractivity contribution in [1.82, 2.24) is 10.3 Å². The molecule has 4 nitrogen and oxygen atoms in total. The molecule has 2 aromatic rings. The standard InChI is InChI=1S/C13H14N2O2/c1-3-11(12-4-2-8-16-12)13(15-6-1)17-10-5-7-14-9-10/h1-4,6,8,10,14H,5,7,9H2. The van der Waals surface area contributed by atoms with Crippen LogP contribution in [0.25, 0.3) is 11.3 Å². The molecule has 0 aliphatic carbocycles. The van der Waals surface area contributed by atoms with Crippen LogP contribution in [0.1, 0.15) is 6.42 Å². The van der Waals surface area contributed by atoms with E-state index in [0.29, 0.717) is 5.88 Å². The summed E-state index contributed by atoms with van der Waals surface area (Å²) in [6.45, 7) is 1.89. The fraction of sp³-hybridized carbons (Fsp3) is 0.308. The number of aromatic nitrogens is 1. The summed E-state index contributed by atoms with van der Waals surface area (Å²) in [5, 5.41) is 3.27. The molecule has 1 fully saturated rings. The summed E-state index contributed by atoms with van der Waals surface area (Å²) in [6, 6.07) is 7.63. The van der Waals surface area contributed by atoms with E-state index in [1.807, 2.05) is 24.3 Å². The number of nitrogens with zero attached hydrogens (tertiary/aromatic N) is 1. The average Bonchev–Trinajstić information content (AvgIpc) is 3.01. The Morgan fingerprint density at radius 1 is 1.35 bits per heavy atom. The molecule has 4 heteroatoms. The fourth-order valence-corrected chi connectivity index (χ4v) is 1.99.